The summed E-state index contributed by atoms with van der Waals surface area (Å²) >= 11 is 1.39. The monoisotopic (exact) mass is 403 g/mol. The van der Waals surface area contributed by atoms with Gasteiger partial charge in [-0.05, 0) is 42.5 Å². The number of aromatic nitrogens is 1. The van der Waals surface area contributed by atoms with E-state index in [9.17, 15) is 9.59 Å². The van der Waals surface area contributed by atoms with Gasteiger partial charge in [0.1, 0.15) is 23.1 Å². The second-order valence-corrected chi connectivity index (χ2v) is 9.02. The Morgan fingerprint density at radius 1 is 1.07 bits per heavy atom. The fourth-order valence-corrected chi connectivity index (χ4v) is 3.34. The van der Waals surface area contributed by atoms with E-state index in [1.165, 1.54) is 11.3 Å². The molecular formula is C21H29N3O3S. The minimum Gasteiger partial charge on any atom is -0.486 e. The predicted molar refractivity (Wildman–Crippen MR) is 112 cm³/mol. The molecule has 28 heavy (non-hydrogen) atoms. The molecule has 2 amide bonds. The molecule has 1 aromatic carbocycles. The van der Waals surface area contributed by atoms with Gasteiger partial charge in [0, 0.05) is 24.9 Å². The zero-order valence-corrected chi connectivity index (χ0v) is 18.0. The van der Waals surface area contributed by atoms with E-state index in [-0.39, 0.29) is 17.2 Å². The van der Waals surface area contributed by atoms with Gasteiger partial charge in [0.05, 0.1) is 0 Å². The number of nitrogens with one attached hydrogen (secondary N) is 2. The largest absolute Gasteiger partial charge is 0.486 e. The molecule has 152 valence electrons. The number of hydrogen-bond donors (Lipinski definition) is 2. The van der Waals surface area contributed by atoms with Crippen LogP contribution in [0.5, 0.6) is 5.75 Å². The average molecular weight is 404 g/mol. The summed E-state index contributed by atoms with van der Waals surface area (Å²) in [5.41, 5.74) is 2.60. The first kappa shape index (κ1) is 21.9. The highest BCUT2D eigenvalue weighted by molar-refractivity contribution is 7.09. The first-order valence-electron chi connectivity index (χ1n) is 9.33. The normalized spacial score (nSPS) is 11.2. The lowest BCUT2D eigenvalue weighted by Crippen LogP contribution is -2.36. The third kappa shape index (κ3) is 7.68. The van der Waals surface area contributed by atoms with Gasteiger partial charge >= 0.3 is 0 Å². The number of rotatable bonds is 8. The van der Waals surface area contributed by atoms with Gasteiger partial charge in [-0.3, -0.25) is 9.59 Å². The smallest absolute Gasteiger partial charge is 0.270 e. The van der Waals surface area contributed by atoms with Crippen molar-refractivity contribution in [2.75, 3.05) is 13.1 Å². The minimum atomic E-state index is -0.251. The molecule has 0 unspecified atom stereocenters. The highest BCUT2D eigenvalue weighted by Gasteiger charge is 2.15. The van der Waals surface area contributed by atoms with Crippen LogP contribution in [-0.2, 0) is 11.4 Å². The van der Waals surface area contributed by atoms with Crippen LogP contribution in [0.1, 0.15) is 53.8 Å². The minimum absolute atomic E-state index is 0.0128. The Labute approximate surface area is 170 Å². The molecule has 0 aliphatic heterocycles. The van der Waals surface area contributed by atoms with E-state index in [4.69, 9.17) is 4.74 Å². The van der Waals surface area contributed by atoms with Gasteiger partial charge < -0.3 is 15.4 Å². The quantitative estimate of drug-likeness (QED) is 0.660. The lowest BCUT2D eigenvalue weighted by molar-refractivity contribution is -0.122. The SMILES string of the molecule is Cc1cc(C)cc(OCc2nc(C(=O)NCCNC(=O)CC(C)(C)C)cs2)c1. The van der Waals surface area contributed by atoms with Crippen LogP contribution in [0.15, 0.2) is 23.6 Å². The first-order chi connectivity index (χ1) is 13.1. The Morgan fingerprint density at radius 2 is 1.71 bits per heavy atom. The van der Waals surface area contributed by atoms with Gasteiger partial charge in [-0.1, -0.05) is 26.8 Å². The number of hydrogen-bond acceptors (Lipinski definition) is 5. The summed E-state index contributed by atoms with van der Waals surface area (Å²) in [6.07, 6.45) is 0.455. The summed E-state index contributed by atoms with van der Waals surface area (Å²) in [5.74, 6) is 0.532. The van der Waals surface area contributed by atoms with Crippen LogP contribution in [0.2, 0.25) is 0 Å². The molecule has 0 fully saturated rings. The molecule has 0 saturated carbocycles. The van der Waals surface area contributed by atoms with E-state index < -0.39 is 0 Å². The van der Waals surface area contributed by atoms with Crippen molar-refractivity contribution in [2.24, 2.45) is 5.41 Å². The van der Waals surface area contributed by atoms with Crippen molar-refractivity contribution in [3.8, 4) is 5.75 Å². The number of nitrogens with zero attached hydrogens (tertiary/aromatic N) is 1. The number of ether oxygens (including phenoxy) is 1. The number of benzene rings is 1. The van der Waals surface area contributed by atoms with Crippen LogP contribution in [-0.4, -0.2) is 29.9 Å². The number of amides is 2. The van der Waals surface area contributed by atoms with Gasteiger partial charge in [-0.15, -0.1) is 11.3 Å². The highest BCUT2D eigenvalue weighted by atomic mass is 32.1. The maximum atomic E-state index is 12.2. The van der Waals surface area contributed by atoms with Gasteiger partial charge in [-0.2, -0.15) is 0 Å². The van der Waals surface area contributed by atoms with Crippen LogP contribution in [0, 0.1) is 19.3 Å². The summed E-state index contributed by atoms with van der Waals surface area (Å²) in [6.45, 7) is 11.2. The molecule has 2 aromatic rings. The van der Waals surface area contributed by atoms with E-state index >= 15 is 0 Å². The van der Waals surface area contributed by atoms with Crippen LogP contribution in [0.4, 0.5) is 0 Å². The van der Waals surface area contributed by atoms with E-state index in [2.05, 4.69) is 21.7 Å². The highest BCUT2D eigenvalue weighted by Crippen LogP contribution is 2.19. The van der Waals surface area contributed by atoms with E-state index in [0.29, 0.717) is 31.8 Å². The Morgan fingerprint density at radius 3 is 2.36 bits per heavy atom. The number of carbonyl (C=O) groups is 2. The molecule has 6 nitrogen and oxygen atoms in total. The Kier molecular flexibility index (Phi) is 7.57. The lowest BCUT2D eigenvalue weighted by Gasteiger charge is -2.17. The summed E-state index contributed by atoms with van der Waals surface area (Å²) in [4.78, 5) is 28.3. The van der Waals surface area contributed by atoms with E-state index in [1.807, 2.05) is 46.8 Å². The van der Waals surface area contributed by atoms with Crippen LogP contribution >= 0.6 is 11.3 Å². The fraction of sp³-hybridized carbons (Fsp3) is 0.476. The number of aryl methyl sites for hydroxylation is 2. The first-order valence-corrected chi connectivity index (χ1v) is 10.2. The topological polar surface area (TPSA) is 80.3 Å². The molecule has 0 saturated heterocycles. The Bertz CT molecular complexity index is 804. The summed E-state index contributed by atoms with van der Waals surface area (Å²) < 4.78 is 5.78. The van der Waals surface area contributed by atoms with Crippen LogP contribution in [0.3, 0.4) is 0 Å². The summed E-state index contributed by atoms with van der Waals surface area (Å²) in [7, 11) is 0. The van der Waals surface area contributed by atoms with Gasteiger partial charge in [-0.25, -0.2) is 4.98 Å². The molecule has 0 bridgehead atoms. The van der Waals surface area contributed by atoms with Gasteiger partial charge in [0.15, 0.2) is 0 Å². The number of carbonyl (C=O) groups excluding carboxylic acids is 2. The summed E-state index contributed by atoms with van der Waals surface area (Å²) in [6, 6.07) is 6.04. The van der Waals surface area contributed by atoms with Crippen molar-refractivity contribution in [3.63, 3.8) is 0 Å². The lowest BCUT2D eigenvalue weighted by atomic mass is 9.92. The molecule has 0 radical (unpaired) electrons. The molecule has 0 atom stereocenters. The maximum Gasteiger partial charge on any atom is 0.270 e. The molecule has 0 aliphatic rings. The zero-order chi connectivity index (χ0) is 20.7. The zero-order valence-electron chi connectivity index (χ0n) is 17.2. The van der Waals surface area contributed by atoms with Crippen molar-refractivity contribution in [2.45, 2.75) is 47.6 Å². The second-order valence-electron chi connectivity index (χ2n) is 8.08. The predicted octanol–water partition coefficient (Wildman–Crippen LogP) is 3.62. The number of thiazole rings is 1. The van der Waals surface area contributed by atoms with Crippen molar-refractivity contribution in [1.29, 1.82) is 0 Å². The molecule has 1 aromatic heterocycles. The van der Waals surface area contributed by atoms with Crippen LogP contribution in [0.25, 0.3) is 0 Å². The third-order valence-corrected chi connectivity index (χ3v) is 4.59. The van der Waals surface area contributed by atoms with Crippen molar-refractivity contribution in [1.82, 2.24) is 15.6 Å². The Balaban J connectivity index is 1.75. The van der Waals surface area contributed by atoms with E-state index in [1.54, 1.807) is 5.38 Å². The van der Waals surface area contributed by atoms with Gasteiger partial charge in [0.2, 0.25) is 5.91 Å². The molecule has 0 aliphatic carbocycles. The van der Waals surface area contributed by atoms with Gasteiger partial charge in [0.25, 0.3) is 5.91 Å². The molecule has 2 rings (SSSR count). The van der Waals surface area contributed by atoms with Crippen molar-refractivity contribution in [3.05, 3.63) is 45.4 Å². The molecule has 2 N–H and O–H groups in total. The Hall–Kier alpha value is -2.41. The standard InChI is InChI=1S/C21H29N3O3S/c1-14-8-15(2)10-16(9-14)27-12-19-24-17(13-28-19)20(26)23-7-6-22-18(25)11-21(3,4)5/h8-10,13H,6-7,11-12H2,1-5H3,(H,22,25)(H,23,26). The van der Waals surface area contributed by atoms with Crippen LogP contribution < -0.4 is 15.4 Å². The average Bonchev–Trinajstić information content (AvgIpc) is 3.03. The maximum absolute atomic E-state index is 12.2. The van der Waals surface area contributed by atoms with Crippen molar-refractivity contribution < 1.29 is 14.3 Å². The van der Waals surface area contributed by atoms with E-state index in [0.717, 1.165) is 21.9 Å². The summed E-state index contributed by atoms with van der Waals surface area (Å²) in [5, 5.41) is 8.03. The van der Waals surface area contributed by atoms with Crippen molar-refractivity contribution >= 4 is 23.2 Å². The molecular weight excluding hydrogens is 374 g/mol. The molecule has 1 heterocycles. The molecule has 7 heteroatoms. The molecule has 0 spiro atoms. The second kappa shape index (κ2) is 9.68. The fourth-order valence-electron chi connectivity index (χ4n) is 2.66. The third-order valence-electron chi connectivity index (χ3n) is 3.77.